The summed E-state index contributed by atoms with van der Waals surface area (Å²) in [6.45, 7) is 4.38. The summed E-state index contributed by atoms with van der Waals surface area (Å²) in [7, 11) is 0. The van der Waals surface area contributed by atoms with Crippen LogP contribution in [0.3, 0.4) is 0 Å². The van der Waals surface area contributed by atoms with E-state index in [9.17, 15) is 4.79 Å². The first kappa shape index (κ1) is 17.3. The summed E-state index contributed by atoms with van der Waals surface area (Å²) in [6, 6.07) is 20.3. The second-order valence-corrected chi connectivity index (χ2v) is 6.65. The molecule has 0 aliphatic carbocycles. The van der Waals surface area contributed by atoms with Gasteiger partial charge in [0.1, 0.15) is 6.61 Å². The van der Waals surface area contributed by atoms with Crippen LogP contribution in [0.15, 0.2) is 60.7 Å². The molecule has 2 atom stereocenters. The van der Waals surface area contributed by atoms with E-state index in [2.05, 4.69) is 41.4 Å². The molecule has 2 unspecified atom stereocenters. The molecule has 0 aromatic heterocycles. The second kappa shape index (κ2) is 8.56. The van der Waals surface area contributed by atoms with Gasteiger partial charge in [0.15, 0.2) is 0 Å². The Morgan fingerprint density at radius 2 is 1.76 bits per heavy atom. The zero-order valence-electron chi connectivity index (χ0n) is 14.7. The SMILES string of the molecule is CCC1CC(NC(=O)OCc2ccccc2)CN(c2ccccc2)C1. The summed E-state index contributed by atoms with van der Waals surface area (Å²) < 4.78 is 5.37. The molecule has 4 heteroatoms. The number of anilines is 1. The second-order valence-electron chi connectivity index (χ2n) is 6.65. The Kier molecular flexibility index (Phi) is 5.94. The van der Waals surface area contributed by atoms with E-state index in [-0.39, 0.29) is 12.1 Å². The lowest BCUT2D eigenvalue weighted by molar-refractivity contribution is 0.132. The Labute approximate surface area is 149 Å². The third-order valence-corrected chi connectivity index (χ3v) is 4.77. The van der Waals surface area contributed by atoms with E-state index >= 15 is 0 Å². The Morgan fingerprint density at radius 3 is 2.44 bits per heavy atom. The molecule has 1 amide bonds. The molecule has 0 spiro atoms. The van der Waals surface area contributed by atoms with Crippen molar-refractivity contribution < 1.29 is 9.53 Å². The van der Waals surface area contributed by atoms with Crippen LogP contribution in [0.1, 0.15) is 25.3 Å². The van der Waals surface area contributed by atoms with Gasteiger partial charge in [0.2, 0.25) is 0 Å². The topological polar surface area (TPSA) is 41.6 Å². The first-order valence-electron chi connectivity index (χ1n) is 9.01. The van der Waals surface area contributed by atoms with Crippen LogP contribution in [0.25, 0.3) is 0 Å². The highest BCUT2D eigenvalue weighted by Gasteiger charge is 2.27. The van der Waals surface area contributed by atoms with Crippen LogP contribution in [-0.4, -0.2) is 25.2 Å². The van der Waals surface area contributed by atoms with Crippen LogP contribution in [0.4, 0.5) is 10.5 Å². The van der Waals surface area contributed by atoms with E-state index in [0.29, 0.717) is 12.5 Å². The molecule has 3 rings (SSSR count). The van der Waals surface area contributed by atoms with E-state index in [1.807, 2.05) is 36.4 Å². The van der Waals surface area contributed by atoms with Crippen molar-refractivity contribution in [3.05, 3.63) is 66.2 Å². The number of carbonyl (C=O) groups is 1. The fourth-order valence-electron chi connectivity index (χ4n) is 3.39. The molecule has 2 aromatic carbocycles. The normalized spacial score (nSPS) is 20.1. The van der Waals surface area contributed by atoms with Gasteiger partial charge in [-0.05, 0) is 30.0 Å². The number of hydrogen-bond donors (Lipinski definition) is 1. The molecule has 2 aromatic rings. The maximum Gasteiger partial charge on any atom is 0.407 e. The van der Waals surface area contributed by atoms with Crippen molar-refractivity contribution in [2.45, 2.75) is 32.4 Å². The van der Waals surface area contributed by atoms with Gasteiger partial charge in [-0.25, -0.2) is 4.79 Å². The van der Waals surface area contributed by atoms with Crippen LogP contribution in [0, 0.1) is 5.92 Å². The fourth-order valence-corrected chi connectivity index (χ4v) is 3.39. The fraction of sp³-hybridized carbons (Fsp3) is 0.381. The number of nitrogens with zero attached hydrogens (tertiary/aromatic N) is 1. The molecule has 132 valence electrons. The molecule has 0 radical (unpaired) electrons. The largest absolute Gasteiger partial charge is 0.445 e. The lowest BCUT2D eigenvalue weighted by Crippen LogP contribution is -2.51. The number of piperidine rings is 1. The summed E-state index contributed by atoms with van der Waals surface area (Å²) in [4.78, 5) is 14.5. The number of carbonyl (C=O) groups excluding carboxylic acids is 1. The van der Waals surface area contributed by atoms with Crippen molar-refractivity contribution in [2.24, 2.45) is 5.92 Å². The van der Waals surface area contributed by atoms with Gasteiger partial charge >= 0.3 is 6.09 Å². The summed E-state index contributed by atoms with van der Waals surface area (Å²) >= 11 is 0. The van der Waals surface area contributed by atoms with Crippen molar-refractivity contribution in [3.8, 4) is 0 Å². The van der Waals surface area contributed by atoms with Crippen LogP contribution in [0.5, 0.6) is 0 Å². The Morgan fingerprint density at radius 1 is 1.08 bits per heavy atom. The number of alkyl carbamates (subject to hydrolysis) is 1. The standard InChI is InChI=1S/C21H26N2O2/c1-2-17-13-19(15-23(14-17)20-11-7-4-8-12-20)22-21(24)25-16-18-9-5-3-6-10-18/h3-12,17,19H,2,13-16H2,1H3,(H,22,24). The minimum atomic E-state index is -0.335. The number of para-hydroxylation sites is 1. The molecule has 1 N–H and O–H groups in total. The van der Waals surface area contributed by atoms with Crippen LogP contribution in [0.2, 0.25) is 0 Å². The average molecular weight is 338 g/mol. The lowest BCUT2D eigenvalue weighted by Gasteiger charge is -2.39. The number of amides is 1. The van der Waals surface area contributed by atoms with Gasteiger partial charge in [-0.3, -0.25) is 0 Å². The molecule has 25 heavy (non-hydrogen) atoms. The zero-order chi connectivity index (χ0) is 17.5. The van der Waals surface area contributed by atoms with Crippen molar-refractivity contribution in [1.82, 2.24) is 5.32 Å². The zero-order valence-corrected chi connectivity index (χ0v) is 14.7. The highest BCUT2D eigenvalue weighted by Crippen LogP contribution is 2.25. The Hall–Kier alpha value is -2.49. The highest BCUT2D eigenvalue weighted by molar-refractivity contribution is 5.67. The van der Waals surface area contributed by atoms with Gasteiger partial charge in [0.05, 0.1) is 6.04 Å². The third-order valence-electron chi connectivity index (χ3n) is 4.77. The number of hydrogen-bond acceptors (Lipinski definition) is 3. The van der Waals surface area contributed by atoms with Crippen molar-refractivity contribution >= 4 is 11.8 Å². The Balaban J connectivity index is 1.56. The maximum atomic E-state index is 12.2. The van der Waals surface area contributed by atoms with E-state index in [1.54, 1.807) is 0 Å². The van der Waals surface area contributed by atoms with Crippen molar-refractivity contribution in [2.75, 3.05) is 18.0 Å². The monoisotopic (exact) mass is 338 g/mol. The van der Waals surface area contributed by atoms with Crippen LogP contribution in [-0.2, 0) is 11.3 Å². The van der Waals surface area contributed by atoms with Gasteiger partial charge in [-0.2, -0.15) is 0 Å². The molecule has 0 saturated carbocycles. The minimum absolute atomic E-state index is 0.113. The first-order valence-corrected chi connectivity index (χ1v) is 9.01. The molecule has 1 aliphatic rings. The predicted octanol–water partition coefficient (Wildman–Crippen LogP) is 4.22. The average Bonchev–Trinajstić information content (AvgIpc) is 2.67. The summed E-state index contributed by atoms with van der Waals surface area (Å²) in [5, 5.41) is 3.05. The quantitative estimate of drug-likeness (QED) is 0.887. The Bertz CT molecular complexity index is 660. The molecule has 1 aliphatic heterocycles. The van der Waals surface area contributed by atoms with Gasteiger partial charge < -0.3 is 15.0 Å². The van der Waals surface area contributed by atoms with Gasteiger partial charge in [-0.1, -0.05) is 61.9 Å². The van der Waals surface area contributed by atoms with Crippen LogP contribution < -0.4 is 10.2 Å². The highest BCUT2D eigenvalue weighted by atomic mass is 16.5. The molecule has 1 heterocycles. The molecule has 4 nitrogen and oxygen atoms in total. The maximum absolute atomic E-state index is 12.2. The molecule has 1 fully saturated rings. The van der Waals surface area contributed by atoms with E-state index in [4.69, 9.17) is 4.74 Å². The van der Waals surface area contributed by atoms with Crippen molar-refractivity contribution in [1.29, 1.82) is 0 Å². The third kappa shape index (κ3) is 4.99. The van der Waals surface area contributed by atoms with E-state index in [0.717, 1.165) is 31.5 Å². The molecular formula is C21H26N2O2. The summed E-state index contributed by atoms with van der Waals surface area (Å²) in [6.07, 6.45) is 1.78. The molecule has 0 bridgehead atoms. The van der Waals surface area contributed by atoms with Gasteiger partial charge in [0.25, 0.3) is 0 Å². The lowest BCUT2D eigenvalue weighted by atomic mass is 9.92. The number of ether oxygens (including phenoxy) is 1. The van der Waals surface area contributed by atoms with E-state index in [1.165, 1.54) is 5.69 Å². The number of rotatable bonds is 5. The van der Waals surface area contributed by atoms with Gasteiger partial charge in [-0.15, -0.1) is 0 Å². The predicted molar refractivity (Wildman–Crippen MR) is 101 cm³/mol. The minimum Gasteiger partial charge on any atom is -0.445 e. The number of benzene rings is 2. The van der Waals surface area contributed by atoms with Crippen molar-refractivity contribution in [3.63, 3.8) is 0 Å². The first-order chi connectivity index (χ1) is 12.2. The summed E-state index contributed by atoms with van der Waals surface area (Å²) in [5.41, 5.74) is 2.21. The smallest absolute Gasteiger partial charge is 0.407 e. The van der Waals surface area contributed by atoms with Gasteiger partial charge in [0, 0.05) is 18.8 Å². The number of nitrogens with one attached hydrogen (secondary N) is 1. The van der Waals surface area contributed by atoms with E-state index < -0.39 is 0 Å². The van der Waals surface area contributed by atoms with Crippen LogP contribution >= 0.6 is 0 Å². The summed E-state index contributed by atoms with van der Waals surface area (Å²) in [5.74, 6) is 0.577. The molecule has 1 saturated heterocycles. The molecular weight excluding hydrogens is 312 g/mol.